The first-order chi connectivity index (χ1) is 11.6. The van der Waals surface area contributed by atoms with Gasteiger partial charge in [-0.3, -0.25) is 9.59 Å². The molecule has 7 nitrogen and oxygen atoms in total. The largest absolute Gasteiger partial charge is 0.480 e. The van der Waals surface area contributed by atoms with Crippen molar-refractivity contribution in [2.75, 3.05) is 6.54 Å². The van der Waals surface area contributed by atoms with Gasteiger partial charge in [-0.1, -0.05) is 13.8 Å². The zero-order chi connectivity index (χ0) is 18.9. The number of likely N-dealkylation sites (tertiary alicyclic amines) is 1. The van der Waals surface area contributed by atoms with E-state index in [1.54, 1.807) is 13.8 Å². The maximum Gasteiger partial charge on any atom is 0.326 e. The molecule has 2 fully saturated rings. The number of fused-ring (bicyclic) bond motifs is 1. The smallest absolute Gasteiger partial charge is 0.326 e. The van der Waals surface area contributed by atoms with E-state index in [0.29, 0.717) is 12.8 Å². The van der Waals surface area contributed by atoms with Crippen LogP contribution in [0.5, 0.6) is 0 Å². The molecule has 2 N–H and O–H groups in total. The van der Waals surface area contributed by atoms with Gasteiger partial charge < -0.3 is 19.8 Å². The third-order valence-electron chi connectivity index (χ3n) is 5.40. The molecule has 7 heteroatoms. The monoisotopic (exact) mass is 355 g/mol. The second-order valence-corrected chi connectivity index (χ2v) is 7.84. The van der Waals surface area contributed by atoms with Crippen LogP contribution in [0.1, 0.15) is 47.0 Å². The van der Waals surface area contributed by atoms with E-state index in [1.807, 2.05) is 13.8 Å². The number of amides is 1. The van der Waals surface area contributed by atoms with Gasteiger partial charge in [-0.2, -0.15) is 0 Å². The van der Waals surface area contributed by atoms with Crippen LogP contribution in [0.4, 0.5) is 0 Å². The van der Waals surface area contributed by atoms with Gasteiger partial charge >= 0.3 is 11.9 Å². The lowest BCUT2D eigenvalue weighted by molar-refractivity contribution is -0.156. The van der Waals surface area contributed by atoms with Crippen molar-refractivity contribution in [3.05, 3.63) is 0 Å². The van der Waals surface area contributed by atoms with Gasteiger partial charge in [0.1, 0.15) is 6.04 Å². The van der Waals surface area contributed by atoms with Crippen molar-refractivity contribution in [3.8, 4) is 0 Å². The number of carbonyl (C=O) groups is 3. The molecule has 2 aliphatic rings. The molecule has 1 heterocycles. The predicted octanol–water partition coefficient (Wildman–Crippen LogP) is 1.28. The Balaban J connectivity index is 2.17. The molecule has 5 atom stereocenters. The highest BCUT2D eigenvalue weighted by molar-refractivity contribution is 5.88. The lowest BCUT2D eigenvalue weighted by atomic mass is 9.90. The Morgan fingerprint density at radius 1 is 1.12 bits per heavy atom. The Kier molecular flexibility index (Phi) is 6.08. The van der Waals surface area contributed by atoms with E-state index < -0.39 is 30.0 Å². The Morgan fingerprint density at radius 3 is 2.28 bits per heavy atom. The Labute approximate surface area is 148 Å². The quantitative estimate of drug-likeness (QED) is 0.696. The summed E-state index contributed by atoms with van der Waals surface area (Å²) in [6, 6.07) is -0.919. The summed E-state index contributed by atoms with van der Waals surface area (Å²) in [6.07, 6.45) is 0.302. The highest BCUT2D eigenvalue weighted by Crippen LogP contribution is 2.43. The van der Waals surface area contributed by atoms with Crippen LogP contribution >= 0.6 is 0 Å². The first kappa shape index (κ1) is 19.7. The number of carboxylic acids is 1. The van der Waals surface area contributed by atoms with Gasteiger partial charge in [0.25, 0.3) is 0 Å². The number of carbonyl (C=O) groups excluding carboxylic acids is 2. The SMILES string of the molecule is CC(C)OC(=O)C[C@H](C(=O)N1C[C@@H]2C(O)CC[C@@H]2[C@H]1C(=O)O)C(C)C. The summed E-state index contributed by atoms with van der Waals surface area (Å²) >= 11 is 0. The standard InChI is InChI=1S/C18H29NO6/c1-9(2)12(7-15(21)25-10(3)4)17(22)19-8-13-11(5-6-14(13)20)16(19)18(23)24/h9-14,16,20H,5-8H2,1-4H3,(H,23,24)/t11-,12-,13-,14?,16-/m0/s1. The van der Waals surface area contributed by atoms with E-state index in [2.05, 4.69) is 0 Å². The summed E-state index contributed by atoms with van der Waals surface area (Å²) in [6.45, 7) is 7.41. The molecule has 0 bridgehead atoms. The number of carboxylic acid groups (broad SMARTS) is 1. The van der Waals surface area contributed by atoms with Crippen LogP contribution in [-0.4, -0.2) is 57.8 Å². The maximum absolute atomic E-state index is 13.0. The Bertz CT molecular complexity index is 532. The average molecular weight is 355 g/mol. The van der Waals surface area contributed by atoms with E-state index >= 15 is 0 Å². The van der Waals surface area contributed by atoms with Crippen molar-refractivity contribution in [2.45, 2.75) is 65.2 Å². The first-order valence-electron chi connectivity index (χ1n) is 9.04. The average Bonchev–Trinajstić information content (AvgIpc) is 3.03. The summed E-state index contributed by atoms with van der Waals surface area (Å²) in [5.41, 5.74) is 0. The molecule has 0 aromatic carbocycles. The molecule has 1 aliphatic heterocycles. The highest BCUT2D eigenvalue weighted by atomic mass is 16.5. The molecular weight excluding hydrogens is 326 g/mol. The van der Waals surface area contributed by atoms with Gasteiger partial charge in [0.15, 0.2) is 0 Å². The van der Waals surface area contributed by atoms with Crippen molar-refractivity contribution in [2.24, 2.45) is 23.7 Å². The summed E-state index contributed by atoms with van der Waals surface area (Å²) in [5, 5.41) is 19.7. The van der Waals surface area contributed by atoms with Gasteiger partial charge in [-0.25, -0.2) is 4.79 Å². The number of aliphatic carboxylic acids is 1. The van der Waals surface area contributed by atoms with Crippen LogP contribution in [0.3, 0.4) is 0 Å². The summed E-state index contributed by atoms with van der Waals surface area (Å²) in [7, 11) is 0. The number of hydrogen-bond donors (Lipinski definition) is 2. The normalized spacial score (nSPS) is 29.8. The van der Waals surface area contributed by atoms with Crippen LogP contribution in [0.2, 0.25) is 0 Å². The molecule has 1 saturated heterocycles. The second kappa shape index (κ2) is 7.72. The van der Waals surface area contributed by atoms with Crippen LogP contribution in [0.25, 0.3) is 0 Å². The molecule has 1 saturated carbocycles. The van der Waals surface area contributed by atoms with Crippen molar-refractivity contribution < 1.29 is 29.3 Å². The molecule has 1 unspecified atom stereocenters. The van der Waals surface area contributed by atoms with Crippen LogP contribution in [0.15, 0.2) is 0 Å². The van der Waals surface area contributed by atoms with E-state index in [9.17, 15) is 24.6 Å². The fourth-order valence-corrected chi connectivity index (χ4v) is 4.15. The number of aliphatic hydroxyl groups excluding tert-OH is 1. The molecule has 1 aliphatic carbocycles. The third-order valence-corrected chi connectivity index (χ3v) is 5.40. The predicted molar refractivity (Wildman–Crippen MR) is 89.5 cm³/mol. The fraction of sp³-hybridized carbons (Fsp3) is 0.833. The third kappa shape index (κ3) is 4.14. The molecular formula is C18H29NO6. The van der Waals surface area contributed by atoms with Crippen LogP contribution < -0.4 is 0 Å². The summed E-state index contributed by atoms with van der Waals surface area (Å²) in [4.78, 5) is 38.2. The van der Waals surface area contributed by atoms with Gasteiger partial charge in [-0.05, 0) is 38.5 Å². The number of rotatable bonds is 6. The second-order valence-electron chi connectivity index (χ2n) is 7.84. The maximum atomic E-state index is 13.0. The fourth-order valence-electron chi connectivity index (χ4n) is 4.15. The summed E-state index contributed by atoms with van der Waals surface area (Å²) < 4.78 is 5.14. The number of ether oxygens (including phenoxy) is 1. The zero-order valence-electron chi connectivity index (χ0n) is 15.3. The Morgan fingerprint density at radius 2 is 1.76 bits per heavy atom. The zero-order valence-corrected chi connectivity index (χ0v) is 15.3. The van der Waals surface area contributed by atoms with Gasteiger partial charge in [0.2, 0.25) is 5.91 Å². The first-order valence-corrected chi connectivity index (χ1v) is 9.04. The van der Waals surface area contributed by atoms with E-state index in [1.165, 1.54) is 4.90 Å². The minimum Gasteiger partial charge on any atom is -0.480 e. The van der Waals surface area contributed by atoms with Crippen LogP contribution in [-0.2, 0) is 19.1 Å². The Hall–Kier alpha value is -1.63. The molecule has 142 valence electrons. The molecule has 0 spiro atoms. The topological polar surface area (TPSA) is 104 Å². The number of esters is 1. The van der Waals surface area contributed by atoms with Crippen molar-refractivity contribution in [1.82, 2.24) is 4.90 Å². The molecule has 0 aromatic heterocycles. The number of aliphatic hydroxyl groups is 1. The van der Waals surface area contributed by atoms with Gasteiger partial charge in [-0.15, -0.1) is 0 Å². The van der Waals surface area contributed by atoms with Crippen molar-refractivity contribution >= 4 is 17.8 Å². The lowest BCUT2D eigenvalue weighted by Gasteiger charge is -2.30. The van der Waals surface area contributed by atoms with Crippen molar-refractivity contribution in [1.29, 1.82) is 0 Å². The molecule has 0 radical (unpaired) electrons. The van der Waals surface area contributed by atoms with Crippen molar-refractivity contribution in [3.63, 3.8) is 0 Å². The molecule has 1 amide bonds. The molecule has 0 aromatic rings. The summed E-state index contributed by atoms with van der Waals surface area (Å²) in [5.74, 6) is -2.97. The minimum absolute atomic E-state index is 0.0601. The number of hydrogen-bond acceptors (Lipinski definition) is 5. The molecule has 2 rings (SSSR count). The van der Waals surface area contributed by atoms with Gasteiger partial charge in [0, 0.05) is 12.5 Å². The van der Waals surface area contributed by atoms with E-state index in [-0.39, 0.29) is 42.7 Å². The molecule has 25 heavy (non-hydrogen) atoms. The lowest BCUT2D eigenvalue weighted by Crippen LogP contribution is -2.47. The number of nitrogens with zero attached hydrogens (tertiary/aromatic N) is 1. The van der Waals surface area contributed by atoms with E-state index in [0.717, 1.165) is 0 Å². The minimum atomic E-state index is -1.04. The van der Waals surface area contributed by atoms with Crippen LogP contribution in [0, 0.1) is 23.7 Å². The van der Waals surface area contributed by atoms with Gasteiger partial charge in [0.05, 0.1) is 24.5 Å². The van der Waals surface area contributed by atoms with E-state index in [4.69, 9.17) is 4.74 Å². The highest BCUT2D eigenvalue weighted by Gasteiger charge is 2.53.